The molecular weight excluding hydrogens is 251 g/mol. The number of carbonyl (C=O) groups is 2. The van der Waals surface area contributed by atoms with Crippen LogP contribution in [0.5, 0.6) is 11.5 Å². The maximum absolute atomic E-state index is 13.5. The van der Waals surface area contributed by atoms with Crippen LogP contribution in [-0.4, -0.2) is 31.0 Å². The molecule has 104 valence electrons. The summed E-state index contributed by atoms with van der Waals surface area (Å²) in [6.45, 7) is 5.41. The van der Waals surface area contributed by atoms with Gasteiger partial charge in [-0.1, -0.05) is 0 Å². The summed E-state index contributed by atoms with van der Waals surface area (Å²) < 4.78 is 24.1. The van der Waals surface area contributed by atoms with E-state index in [4.69, 9.17) is 9.47 Å². The van der Waals surface area contributed by atoms with Gasteiger partial charge < -0.3 is 9.47 Å². The average Bonchev–Trinajstić information content (AvgIpc) is 2.38. The van der Waals surface area contributed by atoms with Gasteiger partial charge in [0.25, 0.3) is 0 Å². The van der Waals surface area contributed by atoms with Crippen molar-refractivity contribution in [2.75, 3.05) is 13.2 Å². The Balaban J connectivity index is 3.11. The van der Waals surface area contributed by atoms with Gasteiger partial charge in [0.1, 0.15) is 11.5 Å². The molecule has 0 bridgehead atoms. The summed E-state index contributed by atoms with van der Waals surface area (Å²) in [5.41, 5.74) is 0.0491. The lowest BCUT2D eigenvalue weighted by molar-refractivity contribution is -0.120. The van der Waals surface area contributed by atoms with Crippen molar-refractivity contribution in [2.24, 2.45) is 0 Å². The molecule has 5 heteroatoms. The second kappa shape index (κ2) is 6.87. The highest BCUT2D eigenvalue weighted by atomic mass is 19.1. The van der Waals surface area contributed by atoms with Gasteiger partial charge >= 0.3 is 0 Å². The number of Topliss-reactive ketones (excluding diaryl/α,β-unsaturated/α-hetero) is 2. The van der Waals surface area contributed by atoms with E-state index >= 15 is 0 Å². The smallest absolute Gasteiger partial charge is 0.220 e. The van der Waals surface area contributed by atoms with Gasteiger partial charge in [-0.05, 0) is 32.9 Å². The lowest BCUT2D eigenvalue weighted by Gasteiger charge is -2.12. The van der Waals surface area contributed by atoms with Crippen molar-refractivity contribution in [1.29, 1.82) is 0 Å². The molecule has 0 aromatic heterocycles. The summed E-state index contributed by atoms with van der Waals surface area (Å²) in [6.07, 6.45) is -2.16. The van der Waals surface area contributed by atoms with Crippen LogP contribution in [0.4, 0.5) is 4.39 Å². The van der Waals surface area contributed by atoms with Crippen molar-refractivity contribution in [2.45, 2.75) is 26.9 Å². The molecule has 0 aliphatic heterocycles. The topological polar surface area (TPSA) is 52.6 Å². The highest BCUT2D eigenvalue weighted by Crippen LogP contribution is 2.27. The van der Waals surface area contributed by atoms with Crippen LogP contribution in [-0.2, 0) is 4.79 Å². The first-order valence-corrected chi connectivity index (χ1v) is 6.09. The maximum Gasteiger partial charge on any atom is 0.220 e. The molecule has 0 saturated heterocycles. The van der Waals surface area contributed by atoms with Gasteiger partial charge in [0.05, 0.1) is 18.8 Å². The van der Waals surface area contributed by atoms with Crippen LogP contribution in [0.25, 0.3) is 0 Å². The van der Waals surface area contributed by atoms with Crippen molar-refractivity contribution >= 4 is 11.6 Å². The molecule has 0 N–H and O–H groups in total. The summed E-state index contributed by atoms with van der Waals surface area (Å²) in [5.74, 6) is -0.955. The summed E-state index contributed by atoms with van der Waals surface area (Å²) in [6, 6.07) is 4.48. The minimum atomic E-state index is -2.16. The molecule has 0 saturated carbocycles. The van der Waals surface area contributed by atoms with Gasteiger partial charge in [0.15, 0.2) is 5.78 Å². The molecule has 1 unspecified atom stereocenters. The zero-order valence-corrected chi connectivity index (χ0v) is 11.2. The fourth-order valence-electron chi connectivity index (χ4n) is 1.56. The van der Waals surface area contributed by atoms with Crippen LogP contribution in [0.1, 0.15) is 31.1 Å². The predicted molar refractivity (Wildman–Crippen MR) is 68.7 cm³/mol. The molecule has 1 rings (SSSR count). The average molecular weight is 268 g/mol. The summed E-state index contributed by atoms with van der Waals surface area (Å²) >= 11 is 0. The second-order valence-corrected chi connectivity index (χ2v) is 3.86. The molecule has 0 aliphatic rings. The fourth-order valence-corrected chi connectivity index (χ4v) is 1.56. The Labute approximate surface area is 111 Å². The third kappa shape index (κ3) is 3.77. The van der Waals surface area contributed by atoms with E-state index in [1.165, 1.54) is 12.1 Å². The molecule has 19 heavy (non-hydrogen) atoms. The molecule has 4 nitrogen and oxygen atoms in total. The van der Waals surface area contributed by atoms with E-state index in [0.717, 1.165) is 6.92 Å². The Kier molecular flexibility index (Phi) is 5.48. The van der Waals surface area contributed by atoms with Gasteiger partial charge in [-0.3, -0.25) is 9.59 Å². The largest absolute Gasteiger partial charge is 0.494 e. The highest BCUT2D eigenvalue weighted by Gasteiger charge is 2.26. The minimum Gasteiger partial charge on any atom is -0.494 e. The Morgan fingerprint density at radius 2 is 1.84 bits per heavy atom. The standard InChI is InChI=1S/C14H17FO4/c1-4-18-10-6-7-11(12(8-10)19-5-2)14(17)13(15)9(3)16/h6-8,13H,4-5H2,1-3H3. The number of rotatable bonds is 7. The molecule has 0 amide bonds. The zero-order valence-electron chi connectivity index (χ0n) is 11.2. The normalized spacial score (nSPS) is 11.8. The Morgan fingerprint density at radius 3 is 2.37 bits per heavy atom. The lowest BCUT2D eigenvalue weighted by Crippen LogP contribution is -2.24. The number of hydrogen-bond donors (Lipinski definition) is 0. The van der Waals surface area contributed by atoms with E-state index < -0.39 is 17.7 Å². The van der Waals surface area contributed by atoms with Crippen molar-refractivity contribution in [3.8, 4) is 11.5 Å². The van der Waals surface area contributed by atoms with Crippen LogP contribution in [0.2, 0.25) is 0 Å². The number of ketones is 2. The third-order valence-electron chi connectivity index (χ3n) is 2.42. The van der Waals surface area contributed by atoms with Crippen LogP contribution < -0.4 is 9.47 Å². The van der Waals surface area contributed by atoms with Crippen molar-refractivity contribution in [1.82, 2.24) is 0 Å². The van der Waals surface area contributed by atoms with E-state index in [-0.39, 0.29) is 11.3 Å². The molecule has 0 spiro atoms. The van der Waals surface area contributed by atoms with Gasteiger partial charge in [-0.15, -0.1) is 0 Å². The molecule has 0 radical (unpaired) electrons. The van der Waals surface area contributed by atoms with Crippen molar-refractivity contribution in [3.63, 3.8) is 0 Å². The van der Waals surface area contributed by atoms with Crippen LogP contribution in [0.15, 0.2) is 18.2 Å². The Morgan fingerprint density at radius 1 is 1.21 bits per heavy atom. The zero-order chi connectivity index (χ0) is 14.4. The number of carbonyl (C=O) groups excluding carboxylic acids is 2. The van der Waals surface area contributed by atoms with Gasteiger partial charge in [0, 0.05) is 6.07 Å². The lowest BCUT2D eigenvalue weighted by atomic mass is 10.0. The molecule has 1 aromatic carbocycles. The molecular formula is C14H17FO4. The second-order valence-electron chi connectivity index (χ2n) is 3.86. The van der Waals surface area contributed by atoms with E-state index in [0.29, 0.717) is 19.0 Å². The van der Waals surface area contributed by atoms with Crippen LogP contribution in [0.3, 0.4) is 0 Å². The third-order valence-corrected chi connectivity index (χ3v) is 2.42. The summed E-state index contributed by atoms with van der Waals surface area (Å²) in [5, 5.41) is 0. The van der Waals surface area contributed by atoms with E-state index in [9.17, 15) is 14.0 Å². The number of hydrogen-bond acceptors (Lipinski definition) is 4. The van der Waals surface area contributed by atoms with Crippen molar-refractivity contribution < 1.29 is 23.5 Å². The van der Waals surface area contributed by atoms with Gasteiger partial charge in [-0.25, -0.2) is 4.39 Å². The van der Waals surface area contributed by atoms with E-state index in [2.05, 4.69) is 0 Å². The first-order chi connectivity index (χ1) is 9.01. The number of benzene rings is 1. The number of alkyl halides is 1. The first kappa shape index (κ1) is 15.1. The molecule has 0 heterocycles. The molecule has 1 aromatic rings. The summed E-state index contributed by atoms with van der Waals surface area (Å²) in [4.78, 5) is 22.8. The molecule has 0 aliphatic carbocycles. The van der Waals surface area contributed by atoms with Crippen molar-refractivity contribution in [3.05, 3.63) is 23.8 Å². The van der Waals surface area contributed by atoms with E-state index in [1.54, 1.807) is 13.0 Å². The minimum absolute atomic E-state index is 0.0491. The Bertz CT molecular complexity index is 471. The van der Waals surface area contributed by atoms with E-state index in [1.807, 2.05) is 6.92 Å². The maximum atomic E-state index is 13.5. The highest BCUT2D eigenvalue weighted by molar-refractivity contribution is 6.13. The number of ether oxygens (including phenoxy) is 2. The monoisotopic (exact) mass is 268 g/mol. The molecule has 1 atom stereocenters. The van der Waals surface area contributed by atoms with Gasteiger partial charge in [0.2, 0.25) is 12.0 Å². The van der Waals surface area contributed by atoms with Gasteiger partial charge in [-0.2, -0.15) is 0 Å². The predicted octanol–water partition coefficient (Wildman–Crippen LogP) is 2.59. The van der Waals surface area contributed by atoms with Crippen LogP contribution >= 0.6 is 0 Å². The quantitative estimate of drug-likeness (QED) is 0.563. The fraction of sp³-hybridized carbons (Fsp3) is 0.429. The first-order valence-electron chi connectivity index (χ1n) is 6.09. The number of halogens is 1. The Hall–Kier alpha value is -1.91. The SMILES string of the molecule is CCOc1ccc(C(=O)C(F)C(C)=O)c(OCC)c1. The van der Waals surface area contributed by atoms with Crippen LogP contribution in [0, 0.1) is 0 Å². The summed E-state index contributed by atoms with van der Waals surface area (Å²) in [7, 11) is 0. The molecule has 0 fully saturated rings.